The second-order valence-electron chi connectivity index (χ2n) is 7.14. The largest absolute Gasteiger partial charge is 0.497 e. The predicted octanol–water partition coefficient (Wildman–Crippen LogP) is 5.41. The van der Waals surface area contributed by atoms with Gasteiger partial charge >= 0.3 is 0 Å². The van der Waals surface area contributed by atoms with Crippen molar-refractivity contribution in [1.29, 1.82) is 0 Å². The van der Waals surface area contributed by atoms with Crippen LogP contribution in [-0.4, -0.2) is 32.2 Å². The summed E-state index contributed by atoms with van der Waals surface area (Å²) in [5, 5.41) is 0. The molecule has 0 spiro atoms. The summed E-state index contributed by atoms with van der Waals surface area (Å²) < 4.78 is 6.37. The smallest absolute Gasteiger partial charge is 0.119 e. The second kappa shape index (κ2) is 10.7. The first kappa shape index (κ1) is 19.0. The van der Waals surface area contributed by atoms with Crippen LogP contribution in [0.3, 0.4) is 0 Å². The van der Waals surface area contributed by atoms with Crippen molar-refractivity contribution in [1.82, 2.24) is 0 Å². The van der Waals surface area contributed by atoms with Gasteiger partial charge in [-0.05, 0) is 25.0 Å². The van der Waals surface area contributed by atoms with Crippen LogP contribution in [0, 0.1) is 0 Å². The SMILES string of the molecule is CCCCCCCCCC[N+](C)(C)Cc1cccc(OC)c1. The Bertz CT molecular complexity index is 400. The molecule has 0 atom stereocenters. The second-order valence-corrected chi connectivity index (χ2v) is 7.14. The first-order valence-corrected chi connectivity index (χ1v) is 9.02. The van der Waals surface area contributed by atoms with Crippen molar-refractivity contribution in [2.45, 2.75) is 64.8 Å². The molecular formula is C20H36NO+. The van der Waals surface area contributed by atoms with Gasteiger partial charge in [-0.1, -0.05) is 57.6 Å². The first-order valence-electron chi connectivity index (χ1n) is 9.02. The van der Waals surface area contributed by atoms with Crippen molar-refractivity contribution in [3.8, 4) is 5.75 Å². The van der Waals surface area contributed by atoms with E-state index in [0.717, 1.165) is 16.8 Å². The van der Waals surface area contributed by atoms with Crippen molar-refractivity contribution < 1.29 is 9.22 Å². The summed E-state index contributed by atoms with van der Waals surface area (Å²) in [5.41, 5.74) is 1.36. The Labute approximate surface area is 138 Å². The van der Waals surface area contributed by atoms with Crippen LogP contribution in [-0.2, 0) is 6.54 Å². The minimum absolute atomic E-state index is 0.963. The lowest BCUT2D eigenvalue weighted by molar-refractivity contribution is -0.903. The van der Waals surface area contributed by atoms with Gasteiger partial charge in [-0.25, -0.2) is 0 Å². The van der Waals surface area contributed by atoms with E-state index < -0.39 is 0 Å². The van der Waals surface area contributed by atoms with Gasteiger partial charge in [0.15, 0.2) is 0 Å². The van der Waals surface area contributed by atoms with Crippen molar-refractivity contribution in [3.05, 3.63) is 29.8 Å². The fraction of sp³-hybridized carbons (Fsp3) is 0.700. The highest BCUT2D eigenvalue weighted by molar-refractivity contribution is 5.27. The van der Waals surface area contributed by atoms with Gasteiger partial charge in [0.25, 0.3) is 0 Å². The van der Waals surface area contributed by atoms with Crippen LogP contribution in [0.2, 0.25) is 0 Å². The van der Waals surface area contributed by atoms with E-state index in [1.807, 2.05) is 6.07 Å². The fourth-order valence-electron chi connectivity index (χ4n) is 3.02. The summed E-state index contributed by atoms with van der Waals surface area (Å²) in [6.07, 6.45) is 11.1. The fourth-order valence-corrected chi connectivity index (χ4v) is 3.02. The zero-order valence-electron chi connectivity index (χ0n) is 15.2. The van der Waals surface area contributed by atoms with E-state index in [2.05, 4.69) is 39.2 Å². The molecule has 22 heavy (non-hydrogen) atoms. The molecule has 0 fully saturated rings. The molecule has 1 rings (SSSR count). The van der Waals surface area contributed by atoms with Gasteiger partial charge in [-0.15, -0.1) is 0 Å². The van der Waals surface area contributed by atoms with Gasteiger partial charge in [-0.3, -0.25) is 0 Å². The number of ether oxygens (including phenoxy) is 1. The van der Waals surface area contributed by atoms with Crippen molar-refractivity contribution >= 4 is 0 Å². The van der Waals surface area contributed by atoms with Gasteiger partial charge in [0.1, 0.15) is 12.3 Å². The Hall–Kier alpha value is -1.02. The molecule has 1 aromatic carbocycles. The van der Waals surface area contributed by atoms with Gasteiger partial charge in [0, 0.05) is 5.56 Å². The molecule has 0 aromatic heterocycles. The Balaban J connectivity index is 2.20. The maximum absolute atomic E-state index is 5.32. The lowest BCUT2D eigenvalue weighted by atomic mass is 10.1. The zero-order chi connectivity index (χ0) is 16.3. The monoisotopic (exact) mass is 306 g/mol. The van der Waals surface area contributed by atoms with E-state index in [-0.39, 0.29) is 0 Å². The van der Waals surface area contributed by atoms with Crippen LogP contribution in [0.4, 0.5) is 0 Å². The van der Waals surface area contributed by atoms with Gasteiger partial charge < -0.3 is 9.22 Å². The third-order valence-corrected chi connectivity index (χ3v) is 4.36. The van der Waals surface area contributed by atoms with Crippen LogP contribution in [0.15, 0.2) is 24.3 Å². The molecule has 0 saturated heterocycles. The summed E-state index contributed by atoms with van der Waals surface area (Å²) in [4.78, 5) is 0. The minimum Gasteiger partial charge on any atom is -0.497 e. The Morgan fingerprint density at radius 1 is 0.909 bits per heavy atom. The summed E-state index contributed by atoms with van der Waals surface area (Å²) in [7, 11) is 6.40. The molecule has 2 heteroatoms. The molecule has 0 unspecified atom stereocenters. The molecule has 0 aliphatic heterocycles. The van der Waals surface area contributed by atoms with Crippen LogP contribution in [0.1, 0.15) is 63.9 Å². The van der Waals surface area contributed by atoms with E-state index in [1.54, 1.807) is 7.11 Å². The van der Waals surface area contributed by atoms with Crippen LogP contribution < -0.4 is 4.74 Å². The highest BCUT2D eigenvalue weighted by Crippen LogP contribution is 2.17. The number of rotatable bonds is 12. The molecule has 0 bridgehead atoms. The molecule has 0 radical (unpaired) electrons. The number of nitrogens with zero attached hydrogens (tertiary/aromatic N) is 1. The third kappa shape index (κ3) is 8.43. The van der Waals surface area contributed by atoms with Crippen molar-refractivity contribution in [2.24, 2.45) is 0 Å². The van der Waals surface area contributed by atoms with Gasteiger partial charge in [-0.2, -0.15) is 0 Å². The van der Waals surface area contributed by atoms with Crippen molar-refractivity contribution in [2.75, 3.05) is 27.7 Å². The van der Waals surface area contributed by atoms with Crippen LogP contribution in [0.5, 0.6) is 5.75 Å². The highest BCUT2D eigenvalue weighted by Gasteiger charge is 2.15. The van der Waals surface area contributed by atoms with Gasteiger partial charge in [0.2, 0.25) is 0 Å². The maximum Gasteiger partial charge on any atom is 0.119 e. The van der Waals surface area contributed by atoms with Crippen LogP contribution in [0.25, 0.3) is 0 Å². The molecule has 0 N–H and O–H groups in total. The predicted molar refractivity (Wildman–Crippen MR) is 96.3 cm³/mol. The number of methoxy groups -OCH3 is 1. The number of hydrogen-bond acceptors (Lipinski definition) is 1. The van der Waals surface area contributed by atoms with E-state index in [1.165, 1.54) is 63.5 Å². The first-order chi connectivity index (χ1) is 10.6. The number of quaternary nitrogens is 1. The average molecular weight is 307 g/mol. The van der Waals surface area contributed by atoms with E-state index in [4.69, 9.17) is 4.74 Å². The molecule has 2 nitrogen and oxygen atoms in total. The van der Waals surface area contributed by atoms with Crippen LogP contribution >= 0.6 is 0 Å². The summed E-state index contributed by atoms with van der Waals surface area (Å²) in [5.74, 6) is 0.963. The minimum atomic E-state index is 0.963. The normalized spacial score (nSPS) is 11.6. The molecule has 0 saturated carbocycles. The molecule has 0 heterocycles. The maximum atomic E-state index is 5.32. The number of hydrogen-bond donors (Lipinski definition) is 0. The molecule has 0 aliphatic rings. The highest BCUT2D eigenvalue weighted by atomic mass is 16.5. The van der Waals surface area contributed by atoms with E-state index >= 15 is 0 Å². The molecule has 0 amide bonds. The molecular weight excluding hydrogens is 270 g/mol. The quantitative estimate of drug-likeness (QED) is 0.370. The lowest BCUT2D eigenvalue weighted by Crippen LogP contribution is -2.39. The summed E-state index contributed by atoms with van der Waals surface area (Å²) in [6.45, 7) is 4.61. The summed E-state index contributed by atoms with van der Waals surface area (Å²) in [6, 6.07) is 8.47. The molecule has 1 aromatic rings. The number of benzene rings is 1. The Kier molecular flexibility index (Phi) is 9.22. The van der Waals surface area contributed by atoms with E-state index in [9.17, 15) is 0 Å². The van der Waals surface area contributed by atoms with E-state index in [0.29, 0.717) is 0 Å². The molecule has 0 aliphatic carbocycles. The lowest BCUT2D eigenvalue weighted by Gasteiger charge is -2.30. The standard InChI is InChI=1S/C20H36NO/c1-5-6-7-8-9-10-11-12-16-21(2,3)18-19-14-13-15-20(17-19)22-4/h13-15,17H,5-12,16,18H2,1-4H3/q+1. The summed E-state index contributed by atoms with van der Waals surface area (Å²) >= 11 is 0. The third-order valence-electron chi connectivity index (χ3n) is 4.36. The Morgan fingerprint density at radius 2 is 1.55 bits per heavy atom. The topological polar surface area (TPSA) is 9.23 Å². The zero-order valence-corrected chi connectivity index (χ0v) is 15.2. The van der Waals surface area contributed by atoms with Crippen molar-refractivity contribution in [3.63, 3.8) is 0 Å². The molecule has 126 valence electrons. The number of unbranched alkanes of at least 4 members (excludes halogenated alkanes) is 7. The Morgan fingerprint density at radius 3 is 2.18 bits per heavy atom. The van der Waals surface area contributed by atoms with Gasteiger partial charge in [0.05, 0.1) is 27.7 Å². The average Bonchev–Trinajstić information content (AvgIpc) is 2.49.